The summed E-state index contributed by atoms with van der Waals surface area (Å²) in [6, 6.07) is 0. The highest BCUT2D eigenvalue weighted by molar-refractivity contribution is 5.76. The Kier molecular flexibility index (Phi) is 4.86. The van der Waals surface area contributed by atoms with E-state index in [9.17, 15) is 9.90 Å². The van der Waals surface area contributed by atoms with Crippen LogP contribution in [0.2, 0.25) is 0 Å². The Morgan fingerprint density at radius 1 is 1.64 bits per heavy atom. The third-order valence-corrected chi connectivity index (χ3v) is 1.88. The zero-order chi connectivity index (χ0) is 8.85. The second-order valence-corrected chi connectivity index (χ2v) is 2.90. The molecule has 3 N–H and O–H groups in total. The summed E-state index contributed by atoms with van der Waals surface area (Å²) < 4.78 is 0. The predicted octanol–water partition coefficient (Wildman–Crippen LogP) is 0.659. The van der Waals surface area contributed by atoms with E-state index in [1.807, 2.05) is 6.92 Å². The molecule has 0 aliphatic carbocycles. The van der Waals surface area contributed by atoms with Crippen LogP contribution in [-0.4, -0.2) is 17.1 Å². The molecule has 0 heterocycles. The minimum Gasteiger partial charge on any atom is -0.392 e. The molecule has 0 aliphatic rings. The molecule has 0 aliphatic heterocycles. The summed E-state index contributed by atoms with van der Waals surface area (Å²) >= 11 is 0. The first-order valence-corrected chi connectivity index (χ1v) is 4.07. The number of primary amides is 1. The van der Waals surface area contributed by atoms with Gasteiger partial charge in [0.2, 0.25) is 5.91 Å². The lowest BCUT2D eigenvalue weighted by atomic mass is 9.99. The van der Waals surface area contributed by atoms with E-state index in [0.29, 0.717) is 6.42 Å². The molecule has 66 valence electrons. The van der Waals surface area contributed by atoms with Crippen molar-refractivity contribution in [2.45, 2.75) is 39.2 Å². The zero-order valence-corrected chi connectivity index (χ0v) is 7.21. The monoisotopic (exact) mass is 159 g/mol. The SMILES string of the molecule is CCCC[C@H](O)[C@H](C)C(N)=O. The highest BCUT2D eigenvalue weighted by Crippen LogP contribution is 2.09. The molecule has 2 atom stereocenters. The molecule has 0 aromatic rings. The first-order chi connectivity index (χ1) is 5.09. The summed E-state index contributed by atoms with van der Waals surface area (Å²) in [5.74, 6) is -0.838. The quantitative estimate of drug-likeness (QED) is 0.619. The normalized spacial score (nSPS) is 15.9. The molecule has 1 amide bonds. The molecule has 0 rings (SSSR count). The molecule has 0 saturated carbocycles. The molecule has 11 heavy (non-hydrogen) atoms. The predicted molar refractivity (Wildman–Crippen MR) is 43.9 cm³/mol. The van der Waals surface area contributed by atoms with E-state index in [1.54, 1.807) is 6.92 Å². The third kappa shape index (κ3) is 3.98. The van der Waals surface area contributed by atoms with E-state index in [2.05, 4.69) is 0 Å². The Balaban J connectivity index is 3.63. The lowest BCUT2D eigenvalue weighted by Gasteiger charge is -2.14. The summed E-state index contributed by atoms with van der Waals surface area (Å²) in [5.41, 5.74) is 5.01. The largest absolute Gasteiger partial charge is 0.392 e. The third-order valence-electron chi connectivity index (χ3n) is 1.88. The Bertz CT molecular complexity index is 125. The Labute approximate surface area is 67.6 Å². The molecule has 0 spiro atoms. The number of aliphatic hydroxyl groups is 1. The van der Waals surface area contributed by atoms with Crippen molar-refractivity contribution in [3.05, 3.63) is 0 Å². The first-order valence-electron chi connectivity index (χ1n) is 4.07. The number of rotatable bonds is 5. The van der Waals surface area contributed by atoms with E-state index < -0.39 is 17.9 Å². The smallest absolute Gasteiger partial charge is 0.222 e. The molecule has 0 bridgehead atoms. The number of carbonyl (C=O) groups excluding carboxylic acids is 1. The molecule has 0 aromatic carbocycles. The van der Waals surface area contributed by atoms with Gasteiger partial charge >= 0.3 is 0 Å². The fourth-order valence-corrected chi connectivity index (χ4v) is 0.853. The van der Waals surface area contributed by atoms with Gasteiger partial charge in [0.15, 0.2) is 0 Å². The number of unbranched alkanes of at least 4 members (excludes halogenated alkanes) is 1. The van der Waals surface area contributed by atoms with Crippen molar-refractivity contribution < 1.29 is 9.90 Å². The van der Waals surface area contributed by atoms with Crippen LogP contribution < -0.4 is 5.73 Å². The number of nitrogens with two attached hydrogens (primary N) is 1. The minimum absolute atomic E-state index is 0.415. The average Bonchev–Trinajstić information content (AvgIpc) is 1.98. The van der Waals surface area contributed by atoms with Crippen LogP contribution in [0.4, 0.5) is 0 Å². The average molecular weight is 159 g/mol. The lowest BCUT2D eigenvalue weighted by Crippen LogP contribution is -2.31. The van der Waals surface area contributed by atoms with Crippen molar-refractivity contribution in [2.24, 2.45) is 11.7 Å². The van der Waals surface area contributed by atoms with E-state index in [4.69, 9.17) is 5.73 Å². The number of amides is 1. The molecule has 3 nitrogen and oxygen atoms in total. The van der Waals surface area contributed by atoms with E-state index in [1.165, 1.54) is 0 Å². The number of aliphatic hydroxyl groups excluding tert-OH is 1. The van der Waals surface area contributed by atoms with Gasteiger partial charge in [-0.3, -0.25) is 4.79 Å². The van der Waals surface area contributed by atoms with Gasteiger partial charge in [0.05, 0.1) is 12.0 Å². The van der Waals surface area contributed by atoms with Crippen molar-refractivity contribution in [2.75, 3.05) is 0 Å². The molecule has 0 saturated heterocycles. The highest BCUT2D eigenvalue weighted by atomic mass is 16.3. The van der Waals surface area contributed by atoms with E-state index >= 15 is 0 Å². The number of hydrogen-bond donors (Lipinski definition) is 2. The summed E-state index contributed by atoms with van der Waals surface area (Å²) in [6.45, 7) is 3.70. The van der Waals surface area contributed by atoms with Crippen molar-refractivity contribution >= 4 is 5.91 Å². The van der Waals surface area contributed by atoms with Crippen LogP contribution in [-0.2, 0) is 4.79 Å². The molecule has 0 radical (unpaired) electrons. The topological polar surface area (TPSA) is 63.3 Å². The Morgan fingerprint density at radius 2 is 2.18 bits per heavy atom. The van der Waals surface area contributed by atoms with Gasteiger partial charge in [0.1, 0.15) is 0 Å². The second-order valence-electron chi connectivity index (χ2n) is 2.90. The Morgan fingerprint density at radius 3 is 2.55 bits per heavy atom. The van der Waals surface area contributed by atoms with Gasteiger partial charge in [-0.1, -0.05) is 26.7 Å². The van der Waals surface area contributed by atoms with Crippen molar-refractivity contribution in [1.29, 1.82) is 0 Å². The molecular formula is C8H17NO2. The van der Waals surface area contributed by atoms with Gasteiger partial charge < -0.3 is 10.8 Å². The number of carbonyl (C=O) groups is 1. The number of hydrogen-bond acceptors (Lipinski definition) is 2. The maximum Gasteiger partial charge on any atom is 0.222 e. The van der Waals surface area contributed by atoms with Gasteiger partial charge in [-0.05, 0) is 6.42 Å². The summed E-state index contributed by atoms with van der Waals surface area (Å²) in [7, 11) is 0. The highest BCUT2D eigenvalue weighted by Gasteiger charge is 2.18. The molecule has 3 heteroatoms. The van der Waals surface area contributed by atoms with Crippen LogP contribution in [0.1, 0.15) is 33.1 Å². The fourth-order valence-electron chi connectivity index (χ4n) is 0.853. The van der Waals surface area contributed by atoms with Crippen LogP contribution >= 0.6 is 0 Å². The van der Waals surface area contributed by atoms with Crippen molar-refractivity contribution in [3.63, 3.8) is 0 Å². The molecule has 0 unspecified atom stereocenters. The summed E-state index contributed by atoms with van der Waals surface area (Å²) in [5, 5.41) is 9.32. The van der Waals surface area contributed by atoms with E-state index in [0.717, 1.165) is 12.8 Å². The van der Waals surface area contributed by atoms with Gasteiger partial charge in [-0.15, -0.1) is 0 Å². The van der Waals surface area contributed by atoms with Gasteiger partial charge in [-0.2, -0.15) is 0 Å². The second kappa shape index (κ2) is 5.13. The standard InChI is InChI=1S/C8H17NO2/c1-3-4-5-7(10)6(2)8(9)11/h6-7,10H,3-5H2,1-2H3,(H2,9,11)/t6-,7-/m0/s1. The molecule has 0 fully saturated rings. The van der Waals surface area contributed by atoms with Crippen LogP contribution in [0, 0.1) is 5.92 Å². The Hall–Kier alpha value is -0.570. The molecule has 0 aromatic heterocycles. The van der Waals surface area contributed by atoms with Crippen molar-refractivity contribution in [3.8, 4) is 0 Å². The van der Waals surface area contributed by atoms with Gasteiger partial charge in [0, 0.05) is 0 Å². The van der Waals surface area contributed by atoms with Crippen LogP contribution in [0.15, 0.2) is 0 Å². The summed E-state index contributed by atoms with van der Waals surface area (Å²) in [6.07, 6.45) is 2.08. The lowest BCUT2D eigenvalue weighted by molar-refractivity contribution is -0.124. The maximum absolute atomic E-state index is 10.6. The van der Waals surface area contributed by atoms with Gasteiger partial charge in [-0.25, -0.2) is 0 Å². The summed E-state index contributed by atoms with van der Waals surface area (Å²) in [4.78, 5) is 10.6. The van der Waals surface area contributed by atoms with Crippen molar-refractivity contribution in [1.82, 2.24) is 0 Å². The van der Waals surface area contributed by atoms with Crippen LogP contribution in [0.25, 0.3) is 0 Å². The van der Waals surface area contributed by atoms with Gasteiger partial charge in [0.25, 0.3) is 0 Å². The van der Waals surface area contributed by atoms with Crippen LogP contribution in [0.5, 0.6) is 0 Å². The fraction of sp³-hybridized carbons (Fsp3) is 0.875. The first kappa shape index (κ1) is 10.4. The molecular weight excluding hydrogens is 142 g/mol. The van der Waals surface area contributed by atoms with Crippen LogP contribution in [0.3, 0.4) is 0 Å². The minimum atomic E-state index is -0.563. The zero-order valence-electron chi connectivity index (χ0n) is 7.21. The maximum atomic E-state index is 10.6. The van der Waals surface area contributed by atoms with E-state index in [-0.39, 0.29) is 0 Å².